The Kier molecular flexibility index (Phi) is 4.83. The Labute approximate surface area is 148 Å². The van der Waals surface area contributed by atoms with Gasteiger partial charge in [-0.3, -0.25) is 9.78 Å². The zero-order chi connectivity index (χ0) is 17.1. The molecule has 0 unspecified atom stereocenters. The fourth-order valence-electron chi connectivity index (χ4n) is 2.20. The lowest BCUT2D eigenvalue weighted by Crippen LogP contribution is -2.08. The van der Waals surface area contributed by atoms with Crippen LogP contribution in [-0.4, -0.2) is 20.5 Å². The van der Waals surface area contributed by atoms with Crippen molar-refractivity contribution in [2.45, 2.75) is 6.61 Å². The SMILES string of the molecule is Cn1ncc(C(=O)c2ccc(Cl)cc2Cl)c1OCc1ccccn1. The molecule has 0 aliphatic carbocycles. The number of aromatic nitrogens is 3. The smallest absolute Gasteiger partial charge is 0.223 e. The highest BCUT2D eigenvalue weighted by Crippen LogP contribution is 2.27. The number of benzene rings is 1. The number of ketones is 1. The van der Waals surface area contributed by atoms with Gasteiger partial charge in [0.1, 0.15) is 12.2 Å². The predicted octanol–water partition coefficient (Wildman–Crippen LogP) is 3.93. The van der Waals surface area contributed by atoms with Crippen LogP contribution < -0.4 is 4.74 Å². The van der Waals surface area contributed by atoms with Crippen molar-refractivity contribution in [2.24, 2.45) is 7.05 Å². The molecule has 122 valence electrons. The van der Waals surface area contributed by atoms with E-state index in [2.05, 4.69) is 10.1 Å². The Morgan fingerprint density at radius 2 is 2.04 bits per heavy atom. The molecule has 7 heteroatoms. The van der Waals surface area contributed by atoms with Gasteiger partial charge >= 0.3 is 0 Å². The van der Waals surface area contributed by atoms with E-state index in [1.54, 1.807) is 25.4 Å². The fraction of sp³-hybridized carbons (Fsp3) is 0.118. The van der Waals surface area contributed by atoms with E-state index in [9.17, 15) is 4.79 Å². The molecule has 0 saturated heterocycles. The average Bonchev–Trinajstić information content (AvgIpc) is 2.94. The molecule has 0 amide bonds. The maximum absolute atomic E-state index is 12.7. The van der Waals surface area contributed by atoms with Crippen molar-refractivity contribution in [1.29, 1.82) is 0 Å². The molecular formula is C17H13Cl2N3O2. The summed E-state index contributed by atoms with van der Waals surface area (Å²) in [7, 11) is 1.70. The quantitative estimate of drug-likeness (QED) is 0.646. The highest BCUT2D eigenvalue weighted by molar-refractivity contribution is 6.37. The minimum Gasteiger partial charge on any atom is -0.471 e. The molecule has 2 heterocycles. The molecule has 0 bridgehead atoms. The van der Waals surface area contributed by atoms with Crippen molar-refractivity contribution in [3.63, 3.8) is 0 Å². The molecule has 0 atom stereocenters. The van der Waals surface area contributed by atoms with Crippen molar-refractivity contribution < 1.29 is 9.53 Å². The van der Waals surface area contributed by atoms with Crippen LogP contribution in [-0.2, 0) is 13.7 Å². The van der Waals surface area contributed by atoms with Gasteiger partial charge in [-0.05, 0) is 30.3 Å². The molecule has 0 radical (unpaired) electrons. The lowest BCUT2D eigenvalue weighted by Gasteiger charge is -2.09. The van der Waals surface area contributed by atoms with Crippen LogP contribution in [0.15, 0.2) is 48.8 Å². The number of carbonyl (C=O) groups excluding carboxylic acids is 1. The summed E-state index contributed by atoms with van der Waals surface area (Å²) >= 11 is 12.0. The third kappa shape index (κ3) is 3.42. The normalized spacial score (nSPS) is 10.6. The second-order valence-electron chi connectivity index (χ2n) is 5.05. The van der Waals surface area contributed by atoms with Crippen molar-refractivity contribution >= 4 is 29.0 Å². The van der Waals surface area contributed by atoms with E-state index in [4.69, 9.17) is 27.9 Å². The Bertz CT molecular complexity index is 879. The van der Waals surface area contributed by atoms with Crippen LogP contribution in [0.4, 0.5) is 0 Å². The topological polar surface area (TPSA) is 57.0 Å². The Balaban J connectivity index is 1.87. The second kappa shape index (κ2) is 7.03. The highest BCUT2D eigenvalue weighted by atomic mass is 35.5. The summed E-state index contributed by atoms with van der Waals surface area (Å²) in [5.41, 5.74) is 1.43. The van der Waals surface area contributed by atoms with Gasteiger partial charge in [-0.15, -0.1) is 0 Å². The molecule has 0 saturated carbocycles. The minimum atomic E-state index is -0.277. The minimum absolute atomic E-state index is 0.231. The third-order valence-electron chi connectivity index (χ3n) is 3.39. The first-order chi connectivity index (χ1) is 11.6. The Morgan fingerprint density at radius 3 is 2.75 bits per heavy atom. The molecule has 1 aromatic carbocycles. The van der Waals surface area contributed by atoms with Gasteiger partial charge in [-0.1, -0.05) is 29.3 Å². The lowest BCUT2D eigenvalue weighted by molar-refractivity contribution is 0.103. The second-order valence-corrected chi connectivity index (χ2v) is 5.89. The van der Waals surface area contributed by atoms with Gasteiger partial charge in [0.15, 0.2) is 0 Å². The summed E-state index contributed by atoms with van der Waals surface area (Å²) in [6.45, 7) is 0.231. The van der Waals surface area contributed by atoms with Crippen molar-refractivity contribution in [3.05, 3.63) is 75.7 Å². The van der Waals surface area contributed by atoms with E-state index >= 15 is 0 Å². The summed E-state index contributed by atoms with van der Waals surface area (Å²) in [5, 5.41) is 4.86. The van der Waals surface area contributed by atoms with E-state index in [0.717, 1.165) is 5.69 Å². The average molecular weight is 362 g/mol. The first-order valence-corrected chi connectivity index (χ1v) is 7.86. The highest BCUT2D eigenvalue weighted by Gasteiger charge is 2.21. The van der Waals surface area contributed by atoms with E-state index < -0.39 is 0 Å². The molecule has 0 aliphatic heterocycles. The number of pyridine rings is 1. The standard InChI is InChI=1S/C17H13Cl2N3O2/c1-22-17(24-10-12-4-2-3-7-20-12)14(9-21-22)16(23)13-6-5-11(18)8-15(13)19/h2-9H,10H2,1H3. The molecule has 24 heavy (non-hydrogen) atoms. The third-order valence-corrected chi connectivity index (χ3v) is 3.94. The number of rotatable bonds is 5. The molecule has 0 aliphatic rings. The number of aryl methyl sites for hydroxylation is 1. The summed E-state index contributed by atoms with van der Waals surface area (Å²) in [4.78, 5) is 16.9. The predicted molar refractivity (Wildman–Crippen MR) is 91.7 cm³/mol. The molecule has 2 aromatic heterocycles. The van der Waals surface area contributed by atoms with Gasteiger partial charge in [-0.25, -0.2) is 4.68 Å². The van der Waals surface area contributed by atoms with E-state index in [1.807, 2.05) is 18.2 Å². The zero-order valence-corrected chi connectivity index (χ0v) is 14.3. The first-order valence-electron chi connectivity index (χ1n) is 7.10. The van der Waals surface area contributed by atoms with Gasteiger partial charge in [0.2, 0.25) is 11.7 Å². The van der Waals surface area contributed by atoms with Crippen LogP contribution in [0.25, 0.3) is 0 Å². The number of halogens is 2. The van der Waals surface area contributed by atoms with Gasteiger partial charge < -0.3 is 4.74 Å². The van der Waals surface area contributed by atoms with Crippen molar-refractivity contribution in [1.82, 2.24) is 14.8 Å². The van der Waals surface area contributed by atoms with Gasteiger partial charge in [0.05, 0.1) is 16.9 Å². The first kappa shape index (κ1) is 16.5. The van der Waals surface area contributed by atoms with Crippen LogP contribution in [0, 0.1) is 0 Å². The van der Waals surface area contributed by atoms with Gasteiger partial charge in [0, 0.05) is 23.8 Å². The Morgan fingerprint density at radius 1 is 1.21 bits per heavy atom. The molecule has 3 aromatic rings. The number of carbonyl (C=O) groups is 1. The Hall–Kier alpha value is -2.37. The van der Waals surface area contributed by atoms with Crippen LogP contribution in [0.3, 0.4) is 0 Å². The molecule has 0 fully saturated rings. The summed E-state index contributed by atoms with van der Waals surface area (Å²) < 4.78 is 7.25. The molecule has 0 spiro atoms. The number of ether oxygens (including phenoxy) is 1. The lowest BCUT2D eigenvalue weighted by atomic mass is 10.1. The van der Waals surface area contributed by atoms with Crippen LogP contribution in [0.5, 0.6) is 5.88 Å². The number of hydrogen-bond donors (Lipinski definition) is 0. The summed E-state index contributed by atoms with van der Waals surface area (Å²) in [5.74, 6) is 0.0810. The van der Waals surface area contributed by atoms with Crippen LogP contribution >= 0.6 is 23.2 Å². The van der Waals surface area contributed by atoms with Gasteiger partial charge in [0.25, 0.3) is 0 Å². The maximum Gasteiger partial charge on any atom is 0.223 e. The van der Waals surface area contributed by atoms with Crippen LogP contribution in [0.1, 0.15) is 21.6 Å². The number of nitrogens with zero attached hydrogens (tertiary/aromatic N) is 3. The van der Waals surface area contributed by atoms with Gasteiger partial charge in [-0.2, -0.15) is 5.10 Å². The van der Waals surface area contributed by atoms with Crippen LogP contribution in [0.2, 0.25) is 10.0 Å². The van der Waals surface area contributed by atoms with Crippen molar-refractivity contribution in [2.75, 3.05) is 0 Å². The number of hydrogen-bond acceptors (Lipinski definition) is 4. The monoisotopic (exact) mass is 361 g/mol. The van der Waals surface area contributed by atoms with E-state index in [1.165, 1.54) is 16.9 Å². The summed E-state index contributed by atoms with van der Waals surface area (Å²) in [6.07, 6.45) is 3.14. The van der Waals surface area contributed by atoms with E-state index in [0.29, 0.717) is 22.0 Å². The zero-order valence-electron chi connectivity index (χ0n) is 12.7. The van der Waals surface area contributed by atoms with E-state index in [-0.39, 0.29) is 17.4 Å². The molecular weight excluding hydrogens is 349 g/mol. The fourth-order valence-corrected chi connectivity index (χ4v) is 2.69. The maximum atomic E-state index is 12.7. The largest absolute Gasteiger partial charge is 0.471 e. The molecule has 5 nitrogen and oxygen atoms in total. The summed E-state index contributed by atoms with van der Waals surface area (Å²) in [6, 6.07) is 10.3. The molecule has 3 rings (SSSR count). The van der Waals surface area contributed by atoms with Crippen molar-refractivity contribution in [3.8, 4) is 5.88 Å². The molecule has 0 N–H and O–H groups in total.